The molecule has 0 radical (unpaired) electrons. The summed E-state index contributed by atoms with van der Waals surface area (Å²) in [5.74, 6) is -5.10. The van der Waals surface area contributed by atoms with Crippen molar-refractivity contribution in [3.63, 3.8) is 0 Å². The van der Waals surface area contributed by atoms with Crippen molar-refractivity contribution in [2.24, 2.45) is 11.5 Å². The van der Waals surface area contributed by atoms with E-state index < -0.39 is 66.5 Å². The molecule has 0 saturated heterocycles. The lowest BCUT2D eigenvalue weighted by Gasteiger charge is -2.26. The van der Waals surface area contributed by atoms with Crippen LogP contribution in [0.1, 0.15) is 19.8 Å². The maximum atomic E-state index is 12.5. The Kier molecular flexibility index (Phi) is 11.8. The molecule has 29 heavy (non-hydrogen) atoms. The second-order valence-corrected chi connectivity index (χ2v) is 6.53. The lowest BCUT2D eigenvalue weighted by Crippen LogP contribution is -2.60. The molecule has 0 rings (SSSR count). The van der Waals surface area contributed by atoms with Crippen LogP contribution in [0.15, 0.2) is 0 Å². The number of nitrogens with one attached hydrogen (secondary N) is 3. The molecule has 0 spiro atoms. The molecule has 5 unspecified atom stereocenters. The minimum atomic E-state index is -1.64. The monoisotopic (exact) mass is 437 g/mol. The SMILES string of the molecule is CC(O)C(NC(=O)C(N)CS)C(=O)NC(CCC(N)=O)C(=O)NC(CO)C(=O)O. The van der Waals surface area contributed by atoms with Gasteiger partial charge in [-0.2, -0.15) is 12.6 Å². The molecule has 0 aromatic rings. The summed E-state index contributed by atoms with van der Waals surface area (Å²) in [5, 5.41) is 34.1. The quantitative estimate of drug-likeness (QED) is 0.126. The second kappa shape index (κ2) is 12.9. The first-order valence-corrected chi connectivity index (χ1v) is 9.15. The number of aliphatic carboxylic acids is 1. The van der Waals surface area contributed by atoms with Gasteiger partial charge in [0.25, 0.3) is 0 Å². The molecule has 0 aliphatic heterocycles. The summed E-state index contributed by atoms with van der Waals surface area (Å²) in [5.41, 5.74) is 10.5. The minimum absolute atomic E-state index is 0.0264. The van der Waals surface area contributed by atoms with E-state index in [9.17, 15) is 29.1 Å². The van der Waals surface area contributed by atoms with E-state index in [1.165, 1.54) is 6.92 Å². The normalized spacial score (nSPS) is 15.9. The van der Waals surface area contributed by atoms with E-state index in [2.05, 4.69) is 23.3 Å². The third-order valence-electron chi connectivity index (χ3n) is 3.71. The number of hydrogen-bond donors (Lipinski definition) is 9. The maximum Gasteiger partial charge on any atom is 0.328 e. The Hall–Kier alpha value is -2.42. The first kappa shape index (κ1) is 26.6. The Morgan fingerprint density at radius 3 is 1.97 bits per heavy atom. The average Bonchev–Trinajstić information content (AvgIpc) is 2.65. The molecule has 0 saturated carbocycles. The van der Waals surface area contributed by atoms with Crippen LogP contribution in [0.2, 0.25) is 0 Å². The van der Waals surface area contributed by atoms with E-state index in [0.29, 0.717) is 0 Å². The fraction of sp³-hybridized carbons (Fsp3) is 0.667. The highest BCUT2D eigenvalue weighted by atomic mass is 32.1. The van der Waals surface area contributed by atoms with E-state index in [-0.39, 0.29) is 18.6 Å². The lowest BCUT2D eigenvalue weighted by molar-refractivity contribution is -0.143. The van der Waals surface area contributed by atoms with Gasteiger partial charge in [0, 0.05) is 12.2 Å². The second-order valence-electron chi connectivity index (χ2n) is 6.16. The number of rotatable bonds is 13. The van der Waals surface area contributed by atoms with Crippen LogP contribution in [0.25, 0.3) is 0 Å². The molecule has 13 nitrogen and oxygen atoms in total. The molecule has 10 N–H and O–H groups in total. The van der Waals surface area contributed by atoms with E-state index in [1.54, 1.807) is 0 Å². The topological polar surface area (TPSA) is 234 Å². The summed E-state index contributed by atoms with van der Waals surface area (Å²) in [6.45, 7) is 0.299. The molecule has 5 atom stereocenters. The first-order chi connectivity index (χ1) is 13.4. The van der Waals surface area contributed by atoms with Gasteiger partial charge in [-0.05, 0) is 13.3 Å². The van der Waals surface area contributed by atoms with E-state index >= 15 is 0 Å². The smallest absolute Gasteiger partial charge is 0.328 e. The number of carboxylic acids is 1. The maximum absolute atomic E-state index is 12.5. The number of carbonyl (C=O) groups excluding carboxylic acids is 4. The number of nitrogens with two attached hydrogens (primary N) is 2. The van der Waals surface area contributed by atoms with Gasteiger partial charge in [0.15, 0.2) is 0 Å². The molecule has 166 valence electrons. The highest BCUT2D eigenvalue weighted by molar-refractivity contribution is 7.80. The summed E-state index contributed by atoms with van der Waals surface area (Å²) in [6, 6.07) is -5.62. The molecule has 0 aromatic heterocycles. The van der Waals surface area contributed by atoms with Crippen molar-refractivity contribution < 1.29 is 39.3 Å². The standard InChI is InChI=1S/C15H27N5O8S/c1-6(22)11(20-12(24)7(16)5-29)14(26)18-8(2-3-10(17)23)13(25)19-9(4-21)15(27)28/h6-9,11,21-22,29H,2-5,16H2,1H3,(H2,17,23)(H,18,26)(H,19,25)(H,20,24)(H,27,28). The third kappa shape index (κ3) is 9.56. The zero-order valence-electron chi connectivity index (χ0n) is 15.7. The molecule has 0 bridgehead atoms. The van der Waals surface area contributed by atoms with Crippen LogP contribution in [0, 0.1) is 0 Å². The molecule has 14 heteroatoms. The molecular weight excluding hydrogens is 410 g/mol. The van der Waals surface area contributed by atoms with Gasteiger partial charge in [0.1, 0.15) is 18.1 Å². The van der Waals surface area contributed by atoms with Crippen LogP contribution in [0.5, 0.6) is 0 Å². The van der Waals surface area contributed by atoms with Crippen molar-refractivity contribution in [3.05, 3.63) is 0 Å². The van der Waals surface area contributed by atoms with Gasteiger partial charge in [-0.25, -0.2) is 4.79 Å². The zero-order chi connectivity index (χ0) is 22.7. The fourth-order valence-electron chi connectivity index (χ4n) is 2.02. The summed E-state index contributed by atoms with van der Waals surface area (Å²) < 4.78 is 0. The Balaban J connectivity index is 5.37. The third-order valence-corrected chi connectivity index (χ3v) is 4.10. The number of amides is 4. The van der Waals surface area contributed by atoms with Crippen molar-refractivity contribution in [3.8, 4) is 0 Å². The number of hydrogen-bond acceptors (Lipinski definition) is 9. The number of aliphatic hydroxyl groups is 2. The lowest BCUT2D eigenvalue weighted by atomic mass is 10.1. The van der Waals surface area contributed by atoms with Gasteiger partial charge in [-0.15, -0.1) is 0 Å². The number of aliphatic hydroxyl groups excluding tert-OH is 2. The average molecular weight is 437 g/mol. The van der Waals surface area contributed by atoms with Crippen molar-refractivity contribution in [2.45, 2.75) is 50.0 Å². The Bertz CT molecular complexity index is 618. The van der Waals surface area contributed by atoms with Crippen LogP contribution in [0.4, 0.5) is 0 Å². The van der Waals surface area contributed by atoms with Gasteiger partial charge in [0.2, 0.25) is 23.6 Å². The molecule has 0 aliphatic carbocycles. The Morgan fingerprint density at radius 1 is 1.00 bits per heavy atom. The summed E-state index contributed by atoms with van der Waals surface area (Å²) in [6.07, 6.45) is -2.00. The predicted octanol–water partition coefficient (Wildman–Crippen LogP) is -4.58. The molecule has 0 aliphatic rings. The van der Waals surface area contributed by atoms with Gasteiger partial charge < -0.3 is 42.7 Å². The highest BCUT2D eigenvalue weighted by Gasteiger charge is 2.32. The van der Waals surface area contributed by atoms with Crippen molar-refractivity contribution in [2.75, 3.05) is 12.4 Å². The number of primary amides is 1. The van der Waals surface area contributed by atoms with Crippen LogP contribution < -0.4 is 27.4 Å². The van der Waals surface area contributed by atoms with Crippen LogP contribution in [-0.4, -0.2) is 87.5 Å². The molecule has 0 heterocycles. The first-order valence-electron chi connectivity index (χ1n) is 8.52. The predicted molar refractivity (Wildman–Crippen MR) is 102 cm³/mol. The summed E-state index contributed by atoms with van der Waals surface area (Å²) in [7, 11) is 0. The zero-order valence-corrected chi connectivity index (χ0v) is 16.6. The van der Waals surface area contributed by atoms with Gasteiger partial charge in [-0.1, -0.05) is 0 Å². The van der Waals surface area contributed by atoms with Gasteiger partial charge in [0.05, 0.1) is 18.8 Å². The highest BCUT2D eigenvalue weighted by Crippen LogP contribution is 2.02. The molecular formula is C15H27N5O8S. The van der Waals surface area contributed by atoms with Crippen LogP contribution in [-0.2, 0) is 24.0 Å². The minimum Gasteiger partial charge on any atom is -0.480 e. The van der Waals surface area contributed by atoms with Gasteiger partial charge >= 0.3 is 5.97 Å². The molecule has 0 aromatic carbocycles. The van der Waals surface area contributed by atoms with Crippen molar-refractivity contribution in [1.29, 1.82) is 0 Å². The number of carboxylic acid groups (broad SMARTS) is 1. The Labute approximate surface area is 172 Å². The van der Waals surface area contributed by atoms with E-state index in [0.717, 1.165) is 0 Å². The number of carbonyl (C=O) groups is 5. The fourth-order valence-corrected chi connectivity index (χ4v) is 2.19. The van der Waals surface area contributed by atoms with Crippen LogP contribution in [0.3, 0.4) is 0 Å². The summed E-state index contributed by atoms with van der Waals surface area (Å²) in [4.78, 5) is 58.6. The Morgan fingerprint density at radius 2 is 1.55 bits per heavy atom. The van der Waals surface area contributed by atoms with Gasteiger partial charge in [-0.3, -0.25) is 19.2 Å². The summed E-state index contributed by atoms with van der Waals surface area (Å²) >= 11 is 3.85. The van der Waals surface area contributed by atoms with Crippen LogP contribution >= 0.6 is 12.6 Å². The molecule has 0 fully saturated rings. The van der Waals surface area contributed by atoms with E-state index in [1.807, 2.05) is 5.32 Å². The molecule has 4 amide bonds. The van der Waals surface area contributed by atoms with Crippen molar-refractivity contribution >= 4 is 42.2 Å². The number of thiol groups is 1. The van der Waals surface area contributed by atoms with Crippen molar-refractivity contribution in [1.82, 2.24) is 16.0 Å². The largest absolute Gasteiger partial charge is 0.480 e. The van der Waals surface area contributed by atoms with E-state index in [4.69, 9.17) is 21.7 Å².